The molecule has 1 aromatic carbocycles. The van der Waals surface area contributed by atoms with Gasteiger partial charge < -0.3 is 25.2 Å². The molecular formula is C18H27ClN4O3. The molecule has 0 radical (unpaired) electrons. The number of nitrogens with zero attached hydrogens (tertiary/aromatic N) is 2. The number of piperazine rings is 1. The van der Waals surface area contributed by atoms with Gasteiger partial charge in [0.25, 0.3) is 0 Å². The quantitative estimate of drug-likeness (QED) is 0.830. The van der Waals surface area contributed by atoms with E-state index in [1.54, 1.807) is 4.90 Å². The Morgan fingerprint density at radius 1 is 1.23 bits per heavy atom. The van der Waals surface area contributed by atoms with E-state index < -0.39 is 0 Å². The van der Waals surface area contributed by atoms with Crippen LogP contribution in [0.3, 0.4) is 0 Å². The normalized spacial score (nSPS) is 20.3. The number of hydrogen-bond donors (Lipinski definition) is 2. The molecule has 3 amide bonds. The van der Waals surface area contributed by atoms with E-state index in [1.165, 1.54) is 0 Å². The van der Waals surface area contributed by atoms with Gasteiger partial charge in [-0.05, 0) is 24.6 Å². The highest BCUT2D eigenvalue weighted by atomic mass is 35.5. The van der Waals surface area contributed by atoms with Crippen molar-refractivity contribution in [1.82, 2.24) is 15.1 Å². The number of nitrogens with one attached hydrogen (secondary N) is 2. The average molecular weight is 383 g/mol. The van der Waals surface area contributed by atoms with Crippen LogP contribution >= 0.6 is 12.4 Å². The van der Waals surface area contributed by atoms with Gasteiger partial charge in [0.2, 0.25) is 5.91 Å². The molecule has 8 heteroatoms. The Kier molecular flexibility index (Phi) is 7.68. The summed E-state index contributed by atoms with van der Waals surface area (Å²) in [7, 11) is 0. The van der Waals surface area contributed by atoms with Crippen molar-refractivity contribution in [3.8, 4) is 0 Å². The van der Waals surface area contributed by atoms with Crippen LogP contribution in [0.25, 0.3) is 0 Å². The first-order valence-electron chi connectivity index (χ1n) is 8.83. The number of hydrogen-bond acceptors (Lipinski definition) is 4. The Labute approximate surface area is 160 Å². The van der Waals surface area contributed by atoms with Crippen LogP contribution in [0.2, 0.25) is 0 Å². The van der Waals surface area contributed by atoms with Gasteiger partial charge in [-0.25, -0.2) is 4.79 Å². The van der Waals surface area contributed by atoms with Crippen molar-refractivity contribution in [3.63, 3.8) is 0 Å². The third-order valence-electron chi connectivity index (χ3n) is 4.61. The summed E-state index contributed by atoms with van der Waals surface area (Å²) >= 11 is 0. The van der Waals surface area contributed by atoms with Crippen molar-refractivity contribution >= 4 is 30.0 Å². The molecular weight excluding hydrogens is 356 g/mol. The molecule has 7 nitrogen and oxygen atoms in total. The molecule has 2 N–H and O–H groups in total. The monoisotopic (exact) mass is 382 g/mol. The smallest absolute Gasteiger partial charge is 0.321 e. The number of benzene rings is 1. The summed E-state index contributed by atoms with van der Waals surface area (Å²) < 4.78 is 5.39. The summed E-state index contributed by atoms with van der Waals surface area (Å²) in [6, 6.07) is 7.72. The van der Waals surface area contributed by atoms with Gasteiger partial charge >= 0.3 is 6.03 Å². The predicted octanol–water partition coefficient (Wildman–Crippen LogP) is 1.47. The zero-order valence-electron chi connectivity index (χ0n) is 15.1. The highest BCUT2D eigenvalue weighted by molar-refractivity contribution is 5.89. The highest BCUT2D eigenvalue weighted by Gasteiger charge is 2.26. The SMILES string of the molecule is Cc1cccc(NC(=O)N2CCN(C(=O)CC3COCCN3)CC2)c1.Cl. The second kappa shape index (κ2) is 9.75. The van der Waals surface area contributed by atoms with Crippen LogP contribution in [-0.4, -0.2) is 73.7 Å². The van der Waals surface area contributed by atoms with Crippen LogP contribution in [0.15, 0.2) is 24.3 Å². The zero-order valence-corrected chi connectivity index (χ0v) is 15.9. The Hall–Kier alpha value is -1.83. The minimum Gasteiger partial charge on any atom is -0.378 e. The van der Waals surface area contributed by atoms with E-state index in [-0.39, 0.29) is 30.4 Å². The minimum atomic E-state index is -0.111. The Morgan fingerprint density at radius 3 is 2.62 bits per heavy atom. The first-order chi connectivity index (χ1) is 12.1. The lowest BCUT2D eigenvalue weighted by atomic mass is 10.1. The fourth-order valence-electron chi connectivity index (χ4n) is 3.18. The molecule has 0 bridgehead atoms. The van der Waals surface area contributed by atoms with Crippen LogP contribution in [0.5, 0.6) is 0 Å². The molecule has 144 valence electrons. The largest absolute Gasteiger partial charge is 0.378 e. The van der Waals surface area contributed by atoms with E-state index >= 15 is 0 Å². The molecule has 0 spiro atoms. The number of anilines is 1. The second-order valence-electron chi connectivity index (χ2n) is 6.60. The summed E-state index contributed by atoms with van der Waals surface area (Å²) in [4.78, 5) is 28.3. The first kappa shape index (κ1) is 20.5. The molecule has 2 aliphatic rings. The lowest BCUT2D eigenvalue weighted by Gasteiger charge is -2.35. The molecule has 2 fully saturated rings. The number of carbonyl (C=O) groups is 2. The van der Waals surface area contributed by atoms with Gasteiger partial charge in [0.1, 0.15) is 0 Å². The standard InChI is InChI=1S/C18H26N4O3.ClH/c1-14-3-2-4-15(11-14)20-18(24)22-8-6-21(7-9-22)17(23)12-16-13-25-10-5-19-16;/h2-4,11,16,19H,5-10,12-13H2,1H3,(H,20,24);1H. The lowest BCUT2D eigenvalue weighted by molar-refractivity contribution is -0.133. The summed E-state index contributed by atoms with van der Waals surface area (Å²) in [5.74, 6) is 0.127. The third kappa shape index (κ3) is 5.59. The molecule has 2 heterocycles. The second-order valence-corrected chi connectivity index (χ2v) is 6.60. The average Bonchev–Trinajstić information content (AvgIpc) is 2.62. The number of halogens is 1. The number of morpholine rings is 1. The summed E-state index contributed by atoms with van der Waals surface area (Å²) in [5.41, 5.74) is 1.90. The van der Waals surface area contributed by atoms with E-state index in [4.69, 9.17) is 4.74 Å². The van der Waals surface area contributed by atoms with Crippen LogP contribution in [-0.2, 0) is 9.53 Å². The number of amides is 3. The number of urea groups is 1. The fraction of sp³-hybridized carbons (Fsp3) is 0.556. The summed E-state index contributed by atoms with van der Waals surface area (Å²) in [6.45, 7) is 6.35. The molecule has 1 unspecified atom stereocenters. The van der Waals surface area contributed by atoms with E-state index in [9.17, 15) is 9.59 Å². The van der Waals surface area contributed by atoms with E-state index in [0.29, 0.717) is 45.8 Å². The van der Waals surface area contributed by atoms with Crippen molar-refractivity contribution in [3.05, 3.63) is 29.8 Å². The first-order valence-corrected chi connectivity index (χ1v) is 8.83. The zero-order chi connectivity index (χ0) is 17.6. The molecule has 1 aromatic rings. The highest BCUT2D eigenvalue weighted by Crippen LogP contribution is 2.12. The van der Waals surface area contributed by atoms with Gasteiger partial charge in [-0.1, -0.05) is 12.1 Å². The lowest BCUT2D eigenvalue weighted by Crippen LogP contribution is -2.53. The van der Waals surface area contributed by atoms with Crippen molar-refractivity contribution in [1.29, 1.82) is 0 Å². The molecule has 0 saturated carbocycles. The fourth-order valence-corrected chi connectivity index (χ4v) is 3.18. The van der Waals surface area contributed by atoms with Crippen LogP contribution < -0.4 is 10.6 Å². The van der Waals surface area contributed by atoms with E-state index in [1.807, 2.05) is 36.1 Å². The van der Waals surface area contributed by atoms with Crippen molar-refractivity contribution in [2.75, 3.05) is 51.3 Å². The molecule has 2 aliphatic heterocycles. The van der Waals surface area contributed by atoms with Gasteiger partial charge in [0.05, 0.1) is 13.2 Å². The van der Waals surface area contributed by atoms with Gasteiger partial charge in [-0.15, -0.1) is 12.4 Å². The Bertz CT molecular complexity index is 614. The molecule has 3 rings (SSSR count). The van der Waals surface area contributed by atoms with Gasteiger partial charge in [0.15, 0.2) is 0 Å². The number of aryl methyl sites for hydroxylation is 1. The van der Waals surface area contributed by atoms with Crippen molar-refractivity contribution < 1.29 is 14.3 Å². The molecule has 26 heavy (non-hydrogen) atoms. The Balaban J connectivity index is 0.00000243. The minimum absolute atomic E-state index is 0. The van der Waals surface area contributed by atoms with Crippen molar-refractivity contribution in [2.45, 2.75) is 19.4 Å². The van der Waals surface area contributed by atoms with E-state index in [2.05, 4.69) is 10.6 Å². The van der Waals surface area contributed by atoms with Crippen LogP contribution in [0.1, 0.15) is 12.0 Å². The molecule has 1 atom stereocenters. The maximum absolute atomic E-state index is 12.4. The molecule has 2 saturated heterocycles. The topological polar surface area (TPSA) is 73.9 Å². The molecule has 0 aromatic heterocycles. The number of ether oxygens (including phenoxy) is 1. The maximum atomic E-state index is 12.4. The predicted molar refractivity (Wildman–Crippen MR) is 103 cm³/mol. The van der Waals surface area contributed by atoms with Gasteiger partial charge in [-0.3, -0.25) is 4.79 Å². The maximum Gasteiger partial charge on any atom is 0.321 e. The van der Waals surface area contributed by atoms with Gasteiger partial charge in [-0.2, -0.15) is 0 Å². The van der Waals surface area contributed by atoms with Crippen molar-refractivity contribution in [2.24, 2.45) is 0 Å². The van der Waals surface area contributed by atoms with Gasteiger partial charge in [0, 0.05) is 50.9 Å². The molecule has 0 aliphatic carbocycles. The number of rotatable bonds is 3. The summed E-state index contributed by atoms with van der Waals surface area (Å²) in [5, 5.41) is 6.22. The van der Waals surface area contributed by atoms with Crippen LogP contribution in [0, 0.1) is 6.92 Å². The Morgan fingerprint density at radius 2 is 1.96 bits per heavy atom. The van der Waals surface area contributed by atoms with Crippen LogP contribution in [0.4, 0.5) is 10.5 Å². The third-order valence-corrected chi connectivity index (χ3v) is 4.61. The number of carbonyl (C=O) groups excluding carboxylic acids is 2. The van der Waals surface area contributed by atoms with E-state index in [0.717, 1.165) is 17.8 Å². The summed E-state index contributed by atoms with van der Waals surface area (Å²) in [6.07, 6.45) is 0.454.